The number of likely N-dealkylation sites (N-methyl/N-ethyl adjacent to an activating group) is 1. The lowest BCUT2D eigenvalue weighted by Crippen LogP contribution is -2.35. The number of aliphatic hydroxyl groups is 1. The first-order chi connectivity index (χ1) is 18.6. The Morgan fingerprint density at radius 1 is 1.03 bits per heavy atom. The number of ketones is 1. The van der Waals surface area contributed by atoms with Crippen LogP contribution in [0.15, 0.2) is 42.0 Å². The van der Waals surface area contributed by atoms with Crippen LogP contribution in [-0.4, -0.2) is 74.1 Å². The van der Waals surface area contributed by atoms with Crippen LogP contribution in [-0.2, 0) is 9.59 Å². The number of aryl methyl sites for hydroxylation is 1. The van der Waals surface area contributed by atoms with Gasteiger partial charge in [-0.1, -0.05) is 26.8 Å². The molecule has 3 rings (SSSR count). The molecule has 1 heterocycles. The predicted octanol–water partition coefficient (Wildman–Crippen LogP) is 5.20. The average molecular weight is 539 g/mol. The number of aliphatic hydroxyl groups excluding tert-OH is 1. The van der Waals surface area contributed by atoms with Gasteiger partial charge in [-0.05, 0) is 81.2 Å². The molecule has 8 nitrogen and oxygen atoms in total. The summed E-state index contributed by atoms with van der Waals surface area (Å²) >= 11 is 0. The van der Waals surface area contributed by atoms with Gasteiger partial charge in [-0.2, -0.15) is 0 Å². The number of carbonyl (C=O) groups excluding carboxylic acids is 2. The lowest BCUT2D eigenvalue weighted by atomic mass is 9.94. The highest BCUT2D eigenvalue weighted by molar-refractivity contribution is 6.46. The smallest absolute Gasteiger partial charge is 0.295 e. The molecule has 1 saturated heterocycles. The van der Waals surface area contributed by atoms with Crippen LogP contribution in [0.3, 0.4) is 0 Å². The molecule has 0 aromatic heterocycles. The molecule has 1 N–H and O–H groups in total. The zero-order chi connectivity index (χ0) is 28.7. The first kappa shape index (κ1) is 30.0. The molecule has 1 fully saturated rings. The largest absolute Gasteiger partial charge is 0.507 e. The van der Waals surface area contributed by atoms with Crippen molar-refractivity contribution in [1.82, 2.24) is 9.80 Å². The third-order valence-corrected chi connectivity index (χ3v) is 6.69. The number of rotatable bonds is 13. The molecule has 0 spiro atoms. The van der Waals surface area contributed by atoms with Crippen LogP contribution in [0.25, 0.3) is 5.76 Å². The lowest BCUT2D eigenvalue weighted by Gasteiger charge is -2.27. The molecule has 2 aromatic rings. The Morgan fingerprint density at radius 3 is 2.33 bits per heavy atom. The van der Waals surface area contributed by atoms with Gasteiger partial charge in [0.05, 0.1) is 31.9 Å². The molecule has 2 aromatic carbocycles. The Bertz CT molecular complexity index is 1200. The second-order valence-corrected chi connectivity index (χ2v) is 10.6. The van der Waals surface area contributed by atoms with E-state index in [-0.39, 0.29) is 11.3 Å². The summed E-state index contributed by atoms with van der Waals surface area (Å²) < 4.78 is 17.3. The van der Waals surface area contributed by atoms with E-state index in [0.29, 0.717) is 60.6 Å². The topological polar surface area (TPSA) is 88.5 Å². The van der Waals surface area contributed by atoms with Crippen molar-refractivity contribution < 1.29 is 28.9 Å². The first-order valence-corrected chi connectivity index (χ1v) is 13.6. The quantitative estimate of drug-likeness (QED) is 0.213. The van der Waals surface area contributed by atoms with Gasteiger partial charge in [-0.25, -0.2) is 0 Å². The molecule has 1 aliphatic heterocycles. The Morgan fingerprint density at radius 2 is 1.72 bits per heavy atom. The molecule has 1 amide bonds. The zero-order valence-electron chi connectivity index (χ0n) is 24.2. The minimum atomic E-state index is -0.778. The normalized spacial score (nSPS) is 16.8. The monoisotopic (exact) mass is 538 g/mol. The van der Waals surface area contributed by atoms with Crippen LogP contribution in [0.1, 0.15) is 56.3 Å². The van der Waals surface area contributed by atoms with E-state index in [2.05, 4.69) is 13.8 Å². The van der Waals surface area contributed by atoms with E-state index in [1.807, 2.05) is 38.9 Å². The van der Waals surface area contributed by atoms with Crippen molar-refractivity contribution >= 4 is 17.4 Å². The number of benzene rings is 2. The standard InChI is InChI=1S/C31H42N2O6/c1-8-16-38-24-11-10-23(18-21(24)4)29(34)27-28(33(15-14-32(5)6)31(36)30(27)35)22-9-12-25(26(19-22)37-7)39-17-13-20(2)3/h9-12,18-20,28,34H,8,13-17H2,1-7H3/b29-27+. The van der Waals surface area contributed by atoms with Crippen LogP contribution in [0.5, 0.6) is 17.2 Å². The van der Waals surface area contributed by atoms with E-state index in [1.165, 1.54) is 4.90 Å². The van der Waals surface area contributed by atoms with Crippen molar-refractivity contribution in [1.29, 1.82) is 0 Å². The summed E-state index contributed by atoms with van der Waals surface area (Å²) in [7, 11) is 5.37. The lowest BCUT2D eigenvalue weighted by molar-refractivity contribution is -0.140. The fourth-order valence-corrected chi connectivity index (χ4v) is 4.47. The second-order valence-electron chi connectivity index (χ2n) is 10.6. The summed E-state index contributed by atoms with van der Waals surface area (Å²) in [6, 6.07) is 9.89. The summed E-state index contributed by atoms with van der Waals surface area (Å²) in [5.41, 5.74) is 1.99. The summed E-state index contributed by atoms with van der Waals surface area (Å²) in [4.78, 5) is 30.1. The van der Waals surface area contributed by atoms with Crippen molar-refractivity contribution in [3.63, 3.8) is 0 Å². The number of nitrogens with zero attached hydrogens (tertiary/aromatic N) is 2. The maximum atomic E-state index is 13.4. The highest BCUT2D eigenvalue weighted by Crippen LogP contribution is 2.42. The van der Waals surface area contributed by atoms with Gasteiger partial charge in [-0.3, -0.25) is 9.59 Å². The molecule has 212 valence electrons. The Hall–Kier alpha value is -3.52. The minimum absolute atomic E-state index is 0.0518. The number of ether oxygens (including phenoxy) is 3. The number of Topliss-reactive ketones (excluding diaryl/α,β-unsaturated/α-hetero) is 1. The van der Waals surface area contributed by atoms with Gasteiger partial charge in [0.25, 0.3) is 11.7 Å². The molecular formula is C31H42N2O6. The van der Waals surface area contributed by atoms with Crippen LogP contribution in [0.2, 0.25) is 0 Å². The summed E-state index contributed by atoms with van der Waals surface area (Å²) in [6.45, 7) is 10.2. The number of likely N-dealkylation sites (tertiary alicyclic amines) is 1. The van der Waals surface area contributed by atoms with Gasteiger partial charge in [0.2, 0.25) is 0 Å². The molecule has 8 heteroatoms. The molecule has 0 saturated carbocycles. The van der Waals surface area contributed by atoms with Crippen LogP contribution in [0.4, 0.5) is 0 Å². The first-order valence-electron chi connectivity index (χ1n) is 13.6. The molecule has 1 atom stereocenters. The van der Waals surface area contributed by atoms with Crippen molar-refractivity contribution in [3.05, 3.63) is 58.7 Å². The number of hydrogen-bond acceptors (Lipinski definition) is 7. The molecule has 1 aliphatic rings. The van der Waals surface area contributed by atoms with E-state index in [1.54, 1.807) is 37.4 Å². The third-order valence-electron chi connectivity index (χ3n) is 6.69. The molecule has 1 unspecified atom stereocenters. The van der Waals surface area contributed by atoms with Gasteiger partial charge >= 0.3 is 0 Å². The Labute approximate surface area is 232 Å². The van der Waals surface area contributed by atoms with Crippen LogP contribution in [0, 0.1) is 12.8 Å². The van der Waals surface area contributed by atoms with Gasteiger partial charge in [0.15, 0.2) is 11.5 Å². The molecular weight excluding hydrogens is 496 g/mol. The average Bonchev–Trinajstić information content (AvgIpc) is 3.15. The van der Waals surface area contributed by atoms with E-state index < -0.39 is 17.7 Å². The fraction of sp³-hybridized carbons (Fsp3) is 0.484. The molecule has 0 aliphatic carbocycles. The van der Waals surface area contributed by atoms with E-state index in [0.717, 1.165) is 18.4 Å². The molecule has 0 bridgehead atoms. The molecule has 0 radical (unpaired) electrons. The minimum Gasteiger partial charge on any atom is -0.507 e. The van der Waals surface area contributed by atoms with Crippen LogP contribution >= 0.6 is 0 Å². The number of amides is 1. The Balaban J connectivity index is 2.08. The van der Waals surface area contributed by atoms with E-state index in [4.69, 9.17) is 14.2 Å². The maximum Gasteiger partial charge on any atom is 0.295 e. The van der Waals surface area contributed by atoms with E-state index in [9.17, 15) is 14.7 Å². The SMILES string of the molecule is CCCOc1ccc(/C(O)=C2\C(=O)C(=O)N(CCN(C)C)C2c2ccc(OCCC(C)C)c(OC)c2)cc1C. The van der Waals surface area contributed by atoms with Crippen LogP contribution < -0.4 is 14.2 Å². The molecule has 39 heavy (non-hydrogen) atoms. The maximum absolute atomic E-state index is 13.4. The summed E-state index contributed by atoms with van der Waals surface area (Å²) in [6.07, 6.45) is 1.78. The summed E-state index contributed by atoms with van der Waals surface area (Å²) in [5, 5.41) is 11.4. The number of methoxy groups -OCH3 is 1. The van der Waals surface area contributed by atoms with Gasteiger partial charge in [-0.15, -0.1) is 0 Å². The summed E-state index contributed by atoms with van der Waals surface area (Å²) in [5.74, 6) is 0.743. The van der Waals surface area contributed by atoms with Crippen molar-refractivity contribution in [2.24, 2.45) is 5.92 Å². The number of hydrogen-bond donors (Lipinski definition) is 1. The highest BCUT2D eigenvalue weighted by Gasteiger charge is 2.46. The van der Waals surface area contributed by atoms with Gasteiger partial charge in [0, 0.05) is 18.7 Å². The predicted molar refractivity (Wildman–Crippen MR) is 152 cm³/mol. The fourth-order valence-electron chi connectivity index (χ4n) is 4.47. The van der Waals surface area contributed by atoms with Crippen molar-refractivity contribution in [3.8, 4) is 17.2 Å². The highest BCUT2D eigenvalue weighted by atomic mass is 16.5. The second kappa shape index (κ2) is 13.5. The third kappa shape index (κ3) is 7.12. The van der Waals surface area contributed by atoms with E-state index >= 15 is 0 Å². The Kier molecular flexibility index (Phi) is 10.4. The van der Waals surface area contributed by atoms with Gasteiger partial charge in [0.1, 0.15) is 11.5 Å². The van der Waals surface area contributed by atoms with Crippen molar-refractivity contribution in [2.75, 3.05) is 47.5 Å². The number of carbonyl (C=O) groups is 2. The van der Waals surface area contributed by atoms with Gasteiger partial charge < -0.3 is 29.1 Å². The zero-order valence-corrected chi connectivity index (χ0v) is 24.2. The van der Waals surface area contributed by atoms with Crippen molar-refractivity contribution in [2.45, 2.75) is 46.6 Å².